The molecule has 11 heavy (non-hydrogen) atoms. The molecule has 0 atom stereocenters. The van der Waals surface area contributed by atoms with Crippen LogP contribution in [-0.2, 0) is 29.6 Å². The fourth-order valence-electron chi connectivity index (χ4n) is 0. The van der Waals surface area contributed by atoms with Gasteiger partial charge >= 0.3 is 35.1 Å². The van der Waals surface area contributed by atoms with Crippen LogP contribution in [0.5, 0.6) is 0 Å². The maximum absolute atomic E-state index is 10.7. The molecule has 66 valence electrons. The average Bonchev–Trinajstić information content (AvgIpc) is 1.25. The molecule has 0 amide bonds. The van der Waals surface area contributed by atoms with Gasteiger partial charge < -0.3 is 24.8 Å². The molecule has 0 rings (SSSR count). The predicted molar refractivity (Wildman–Crippen MR) is 17.6 cm³/mol. The molecule has 0 aromatic rings. The largest absolute Gasteiger partial charge is 2.00 e. The van der Waals surface area contributed by atoms with Crippen molar-refractivity contribution in [1.82, 2.24) is 0 Å². The van der Waals surface area contributed by atoms with Gasteiger partial charge in [-0.1, -0.05) is 0 Å². The first-order valence-corrected chi connectivity index (χ1v) is 2.73. The third kappa shape index (κ3) is 8.81. The van der Waals surface area contributed by atoms with Crippen LogP contribution < -0.4 is 24.8 Å². The van der Waals surface area contributed by atoms with E-state index in [-0.39, 0.29) is 44.3 Å². The molecule has 1 N–H and O–H groups in total. The Hall–Kier alpha value is 0.903. The minimum Gasteiger partial charge on any atom is -1.00 e. The van der Waals surface area contributed by atoms with Crippen LogP contribution in [0, 0.1) is 0 Å². The van der Waals surface area contributed by atoms with Gasteiger partial charge in [-0.2, -0.15) is 21.6 Å². The van der Waals surface area contributed by atoms with Gasteiger partial charge in [-0.15, -0.1) is 0 Å². The maximum atomic E-state index is 10.7. The summed E-state index contributed by atoms with van der Waals surface area (Å²) in [6.45, 7) is 0. The molecule has 0 aromatic carbocycles. The second-order valence-corrected chi connectivity index (χ2v) is 2.33. The van der Waals surface area contributed by atoms with Gasteiger partial charge in [-0.05, 0) is 0 Å². The van der Waals surface area contributed by atoms with E-state index in [2.05, 4.69) is 0 Å². The summed E-state index contributed by atoms with van der Waals surface area (Å²) in [5, 5.41) is 0. The fourth-order valence-corrected chi connectivity index (χ4v) is 0. The van der Waals surface area contributed by atoms with Gasteiger partial charge in [0.1, 0.15) is 0 Å². The van der Waals surface area contributed by atoms with Crippen molar-refractivity contribution < 1.29 is 70.4 Å². The minimum absolute atomic E-state index is 0. The van der Waals surface area contributed by atoms with Gasteiger partial charge in [-0.3, -0.25) is 4.55 Å². The molecule has 0 aliphatic heterocycles. The smallest absolute Gasteiger partial charge is 1.00 e. The molecular weight excluding hydrogens is 285 g/mol. The van der Waals surface area contributed by atoms with Crippen molar-refractivity contribution in [1.29, 1.82) is 0 Å². The van der Waals surface area contributed by atoms with Gasteiger partial charge in [0.05, 0.1) is 0 Å². The van der Waals surface area contributed by atoms with E-state index in [9.17, 15) is 13.2 Å². The minimum atomic E-state index is -5.84. The van der Waals surface area contributed by atoms with E-state index < -0.39 is 15.6 Å². The van der Waals surface area contributed by atoms with E-state index in [1.807, 2.05) is 0 Å². The standard InChI is InChI=1S/CHF3O3S.2ClH.Zn/c2-1(3,4)8(5,6)7;;;/h(H,5,6,7);2*1H;/q;;;+2/p-2. The number of alkyl halides is 3. The van der Waals surface area contributed by atoms with Gasteiger partial charge in [0.25, 0.3) is 0 Å². The molecule has 0 fully saturated rings. The maximum Gasteiger partial charge on any atom is 2.00 e. The van der Waals surface area contributed by atoms with Crippen LogP contribution in [0.15, 0.2) is 0 Å². The number of rotatable bonds is 0. The second kappa shape index (κ2) is 6.42. The van der Waals surface area contributed by atoms with Gasteiger partial charge in [0, 0.05) is 0 Å². The molecule has 0 aliphatic carbocycles. The van der Waals surface area contributed by atoms with Crippen molar-refractivity contribution in [3.05, 3.63) is 0 Å². The molecule has 0 saturated heterocycles. The Labute approximate surface area is 86.1 Å². The number of hydrogen-bond donors (Lipinski definition) is 1. The van der Waals surface area contributed by atoms with E-state index >= 15 is 0 Å². The summed E-state index contributed by atoms with van der Waals surface area (Å²) in [4.78, 5) is 0. The van der Waals surface area contributed by atoms with Crippen LogP contribution >= 0.6 is 0 Å². The first-order valence-electron chi connectivity index (χ1n) is 1.29. The Morgan fingerprint density at radius 2 is 1.18 bits per heavy atom. The Balaban J connectivity index is -0.0000000817. The molecule has 3 nitrogen and oxygen atoms in total. The van der Waals surface area contributed by atoms with Crippen LogP contribution in [-0.4, -0.2) is 18.5 Å². The van der Waals surface area contributed by atoms with E-state index in [0.717, 1.165) is 0 Å². The van der Waals surface area contributed by atoms with E-state index in [1.165, 1.54) is 0 Å². The quantitative estimate of drug-likeness (QED) is 0.274. The summed E-state index contributed by atoms with van der Waals surface area (Å²) in [5.74, 6) is 0. The fraction of sp³-hybridized carbons (Fsp3) is 1.00. The van der Waals surface area contributed by atoms with Crippen molar-refractivity contribution >= 4 is 10.1 Å². The van der Waals surface area contributed by atoms with Crippen molar-refractivity contribution in [2.75, 3.05) is 0 Å². The van der Waals surface area contributed by atoms with Gasteiger partial charge in [0.15, 0.2) is 0 Å². The molecule has 0 aromatic heterocycles. The van der Waals surface area contributed by atoms with E-state index in [0.29, 0.717) is 0 Å². The van der Waals surface area contributed by atoms with Crippen molar-refractivity contribution in [3.8, 4) is 0 Å². The summed E-state index contributed by atoms with van der Waals surface area (Å²) in [5.41, 5.74) is -5.53. The average molecular weight is 286 g/mol. The molecule has 0 saturated carbocycles. The molecule has 0 aliphatic rings. The molecule has 0 bridgehead atoms. The Kier molecular flexibility index (Phi) is 13.2. The molecule has 0 heterocycles. The summed E-state index contributed by atoms with van der Waals surface area (Å²) in [6.07, 6.45) is 0. The summed E-state index contributed by atoms with van der Waals surface area (Å²) < 4.78 is 57.5. The zero-order valence-electron chi connectivity index (χ0n) is 4.77. The van der Waals surface area contributed by atoms with Gasteiger partial charge in [-0.25, -0.2) is 0 Å². The molecule has 0 unspecified atom stereocenters. The number of halogens is 5. The third-order valence-corrected chi connectivity index (χ3v) is 0.877. The zero-order chi connectivity index (χ0) is 7.00. The first-order chi connectivity index (χ1) is 3.25. The van der Waals surface area contributed by atoms with Crippen molar-refractivity contribution in [2.45, 2.75) is 5.51 Å². The predicted octanol–water partition coefficient (Wildman–Crippen LogP) is -5.60. The van der Waals surface area contributed by atoms with Crippen LogP contribution in [0.25, 0.3) is 0 Å². The first kappa shape index (κ1) is 22.7. The third-order valence-electron chi connectivity index (χ3n) is 0.292. The van der Waals surface area contributed by atoms with Crippen LogP contribution in [0.4, 0.5) is 13.2 Å². The topological polar surface area (TPSA) is 54.4 Å². The molecule has 0 radical (unpaired) electrons. The van der Waals surface area contributed by atoms with Crippen LogP contribution in [0.3, 0.4) is 0 Å². The Bertz CT molecular complexity index is 176. The monoisotopic (exact) mass is 284 g/mol. The Morgan fingerprint density at radius 1 is 1.09 bits per heavy atom. The van der Waals surface area contributed by atoms with Crippen LogP contribution in [0.2, 0.25) is 0 Å². The van der Waals surface area contributed by atoms with Crippen molar-refractivity contribution in [3.63, 3.8) is 0 Å². The summed E-state index contributed by atoms with van der Waals surface area (Å²) in [7, 11) is -5.84. The van der Waals surface area contributed by atoms with Crippen molar-refractivity contribution in [2.24, 2.45) is 0 Å². The summed E-state index contributed by atoms with van der Waals surface area (Å²) >= 11 is 0. The molecule has 0 spiro atoms. The molecule has 10 heteroatoms. The summed E-state index contributed by atoms with van der Waals surface area (Å²) in [6, 6.07) is 0. The van der Waals surface area contributed by atoms with Crippen LogP contribution in [0.1, 0.15) is 0 Å². The Morgan fingerprint density at radius 3 is 1.18 bits per heavy atom. The zero-order valence-corrected chi connectivity index (χ0v) is 10.1. The van der Waals surface area contributed by atoms with Gasteiger partial charge in [0.2, 0.25) is 0 Å². The second-order valence-electron chi connectivity index (χ2n) is 0.921. The van der Waals surface area contributed by atoms with E-state index in [1.54, 1.807) is 0 Å². The van der Waals surface area contributed by atoms with E-state index in [4.69, 9.17) is 13.0 Å². The normalized spacial score (nSPS) is 10.2. The SMILES string of the molecule is O=S(=O)(O)C(F)(F)F.[Cl-].[Cl-].[Zn+2]. The molecular formula is CHCl2F3O3SZn. The number of hydrogen-bond acceptors (Lipinski definition) is 2.